The van der Waals surface area contributed by atoms with E-state index in [-0.39, 0.29) is 28.7 Å². The quantitative estimate of drug-likeness (QED) is 0.901. The van der Waals surface area contributed by atoms with E-state index in [0.717, 1.165) is 19.5 Å². The number of amides is 1. The van der Waals surface area contributed by atoms with Crippen LogP contribution in [-0.2, 0) is 4.79 Å². The highest BCUT2D eigenvalue weighted by Gasteiger charge is 2.62. The summed E-state index contributed by atoms with van der Waals surface area (Å²) in [5.74, 6) is 0.679. The largest absolute Gasteiger partial charge is 0.352 e. The maximum absolute atomic E-state index is 12.8. The molecule has 1 amide bonds. The van der Waals surface area contributed by atoms with Crippen LogP contribution in [0.5, 0.6) is 0 Å². The highest BCUT2D eigenvalue weighted by atomic mass is 16.2. The second-order valence-corrected chi connectivity index (χ2v) is 8.20. The molecule has 2 N–H and O–H groups in total. The third kappa shape index (κ3) is 2.67. The lowest BCUT2D eigenvalue weighted by atomic mass is 9.80. The summed E-state index contributed by atoms with van der Waals surface area (Å²) in [6.07, 6.45) is 1.02. The lowest BCUT2D eigenvalue weighted by molar-refractivity contribution is -0.124. The number of nitrogens with one attached hydrogen (secondary N) is 2. The maximum atomic E-state index is 12.8. The predicted molar refractivity (Wildman–Crippen MR) is 89.7 cm³/mol. The zero-order chi connectivity index (χ0) is 16.0. The Labute approximate surface area is 133 Å². The Hall–Kier alpha value is -1.35. The highest BCUT2D eigenvalue weighted by Crippen LogP contribution is 2.64. The molecule has 2 aliphatic rings. The van der Waals surface area contributed by atoms with E-state index in [1.807, 2.05) is 6.07 Å². The Balaban J connectivity index is 1.71. The van der Waals surface area contributed by atoms with Crippen LogP contribution >= 0.6 is 0 Å². The summed E-state index contributed by atoms with van der Waals surface area (Å²) in [7, 11) is 0. The van der Waals surface area contributed by atoms with Crippen LogP contribution in [0.4, 0.5) is 0 Å². The summed E-state index contributed by atoms with van der Waals surface area (Å²) >= 11 is 0. The van der Waals surface area contributed by atoms with E-state index in [2.05, 4.69) is 62.6 Å². The molecule has 0 aromatic heterocycles. The Morgan fingerprint density at radius 3 is 2.50 bits per heavy atom. The Bertz CT molecular complexity index is 550. The van der Waals surface area contributed by atoms with E-state index in [4.69, 9.17) is 0 Å². The van der Waals surface area contributed by atoms with Crippen molar-refractivity contribution in [2.75, 3.05) is 13.1 Å². The first-order chi connectivity index (χ1) is 10.3. The minimum absolute atomic E-state index is 0.0580. The van der Waals surface area contributed by atoms with Gasteiger partial charge in [-0.3, -0.25) is 4.79 Å². The zero-order valence-electron chi connectivity index (χ0n) is 14.1. The van der Waals surface area contributed by atoms with Gasteiger partial charge in [-0.25, -0.2) is 0 Å². The molecule has 0 radical (unpaired) electrons. The SMILES string of the molecule is CC1(C)CNCCC1NC(=O)[C@@H]1[C@@H](c2ccccc2)C1(C)C. The fourth-order valence-electron chi connectivity index (χ4n) is 4.11. The average molecular weight is 300 g/mol. The van der Waals surface area contributed by atoms with Gasteiger partial charge >= 0.3 is 0 Å². The third-order valence-electron chi connectivity index (χ3n) is 5.72. The van der Waals surface area contributed by atoms with Gasteiger partial charge in [-0.05, 0) is 29.4 Å². The van der Waals surface area contributed by atoms with E-state index in [0.29, 0.717) is 5.92 Å². The Morgan fingerprint density at radius 1 is 1.18 bits per heavy atom. The van der Waals surface area contributed by atoms with Crippen LogP contribution in [0.2, 0.25) is 0 Å². The molecule has 1 heterocycles. The van der Waals surface area contributed by atoms with Gasteiger partial charge in [-0.15, -0.1) is 0 Å². The molecule has 0 spiro atoms. The van der Waals surface area contributed by atoms with Crippen molar-refractivity contribution in [1.29, 1.82) is 0 Å². The molecule has 1 unspecified atom stereocenters. The topological polar surface area (TPSA) is 41.1 Å². The molecule has 3 nitrogen and oxygen atoms in total. The summed E-state index contributed by atoms with van der Waals surface area (Å²) in [6.45, 7) is 10.8. The summed E-state index contributed by atoms with van der Waals surface area (Å²) in [5.41, 5.74) is 1.47. The summed E-state index contributed by atoms with van der Waals surface area (Å²) in [6, 6.07) is 10.7. The summed E-state index contributed by atoms with van der Waals surface area (Å²) in [4.78, 5) is 12.8. The molecule has 2 fully saturated rings. The van der Waals surface area contributed by atoms with Gasteiger partial charge < -0.3 is 10.6 Å². The third-order valence-corrected chi connectivity index (χ3v) is 5.72. The van der Waals surface area contributed by atoms with Crippen LogP contribution in [0, 0.1) is 16.7 Å². The van der Waals surface area contributed by atoms with Crippen LogP contribution in [0.25, 0.3) is 0 Å². The molecule has 120 valence electrons. The molecule has 1 aromatic rings. The molecule has 0 bridgehead atoms. The first kappa shape index (κ1) is 15.5. The van der Waals surface area contributed by atoms with Crippen molar-refractivity contribution < 1.29 is 4.79 Å². The summed E-state index contributed by atoms with van der Waals surface area (Å²) < 4.78 is 0. The number of carbonyl (C=O) groups excluding carboxylic acids is 1. The van der Waals surface area contributed by atoms with Crippen LogP contribution < -0.4 is 10.6 Å². The number of rotatable bonds is 3. The number of carbonyl (C=O) groups is 1. The smallest absolute Gasteiger partial charge is 0.224 e. The first-order valence-corrected chi connectivity index (χ1v) is 8.40. The molecular weight excluding hydrogens is 272 g/mol. The van der Waals surface area contributed by atoms with Gasteiger partial charge in [-0.1, -0.05) is 58.0 Å². The zero-order valence-corrected chi connectivity index (χ0v) is 14.1. The lowest BCUT2D eigenvalue weighted by Crippen LogP contribution is -2.54. The molecule has 1 saturated heterocycles. The van der Waals surface area contributed by atoms with Crippen LogP contribution in [0.1, 0.15) is 45.6 Å². The predicted octanol–water partition coefficient (Wildman–Crippen LogP) is 2.93. The molecule has 1 aromatic carbocycles. The highest BCUT2D eigenvalue weighted by molar-refractivity contribution is 5.85. The van der Waals surface area contributed by atoms with Gasteiger partial charge in [0.15, 0.2) is 0 Å². The molecular formula is C19H28N2O. The minimum Gasteiger partial charge on any atom is -0.352 e. The van der Waals surface area contributed by atoms with Crippen LogP contribution in [0.15, 0.2) is 30.3 Å². The fourth-order valence-corrected chi connectivity index (χ4v) is 4.11. The Kier molecular flexibility index (Phi) is 3.80. The van der Waals surface area contributed by atoms with Crippen molar-refractivity contribution in [3.63, 3.8) is 0 Å². The van der Waals surface area contributed by atoms with Crippen molar-refractivity contribution in [3.8, 4) is 0 Å². The standard InChI is InChI=1S/C19H28N2O/c1-18(2)12-20-11-10-14(18)21-17(22)16-15(19(16,3)4)13-8-6-5-7-9-13/h5-9,14-16,20H,10-12H2,1-4H3,(H,21,22)/t14?,15-,16+/m1/s1. The van der Waals surface area contributed by atoms with Gasteiger partial charge in [0.25, 0.3) is 0 Å². The van der Waals surface area contributed by atoms with Crippen LogP contribution in [0.3, 0.4) is 0 Å². The van der Waals surface area contributed by atoms with Gasteiger partial charge in [0.05, 0.1) is 5.92 Å². The molecule has 1 aliphatic carbocycles. The minimum atomic E-state index is 0.0580. The lowest BCUT2D eigenvalue weighted by Gasteiger charge is -2.39. The van der Waals surface area contributed by atoms with Crippen LogP contribution in [-0.4, -0.2) is 25.0 Å². The number of benzene rings is 1. The Morgan fingerprint density at radius 2 is 1.86 bits per heavy atom. The number of hydrogen-bond donors (Lipinski definition) is 2. The van der Waals surface area contributed by atoms with E-state index in [1.54, 1.807) is 0 Å². The average Bonchev–Trinajstić information content (AvgIpc) is 3.05. The molecule has 3 heteroatoms. The molecule has 3 atom stereocenters. The van der Waals surface area contributed by atoms with E-state index in [9.17, 15) is 4.79 Å². The second kappa shape index (κ2) is 5.38. The number of hydrogen-bond acceptors (Lipinski definition) is 2. The second-order valence-electron chi connectivity index (χ2n) is 8.20. The van der Waals surface area contributed by atoms with Gasteiger partial charge in [0.1, 0.15) is 0 Å². The van der Waals surface area contributed by atoms with Gasteiger partial charge in [0, 0.05) is 18.5 Å². The fraction of sp³-hybridized carbons (Fsp3) is 0.632. The van der Waals surface area contributed by atoms with Crippen molar-refractivity contribution in [1.82, 2.24) is 10.6 Å². The van der Waals surface area contributed by atoms with E-state index >= 15 is 0 Å². The molecule has 3 rings (SSSR count). The maximum Gasteiger partial charge on any atom is 0.224 e. The number of piperidine rings is 1. The monoisotopic (exact) mass is 300 g/mol. The first-order valence-electron chi connectivity index (χ1n) is 8.40. The van der Waals surface area contributed by atoms with E-state index in [1.165, 1.54) is 5.56 Å². The molecule has 1 aliphatic heterocycles. The van der Waals surface area contributed by atoms with E-state index < -0.39 is 0 Å². The normalized spacial score (nSPS) is 32.3. The van der Waals surface area contributed by atoms with Crippen molar-refractivity contribution in [2.24, 2.45) is 16.7 Å². The van der Waals surface area contributed by atoms with Crippen molar-refractivity contribution in [2.45, 2.75) is 46.1 Å². The van der Waals surface area contributed by atoms with Gasteiger partial charge in [-0.2, -0.15) is 0 Å². The molecule has 1 saturated carbocycles. The van der Waals surface area contributed by atoms with Crippen molar-refractivity contribution in [3.05, 3.63) is 35.9 Å². The van der Waals surface area contributed by atoms with Crippen molar-refractivity contribution >= 4 is 5.91 Å². The summed E-state index contributed by atoms with van der Waals surface area (Å²) in [5, 5.41) is 6.77. The van der Waals surface area contributed by atoms with Gasteiger partial charge in [0.2, 0.25) is 5.91 Å². The molecule has 22 heavy (non-hydrogen) atoms.